The van der Waals surface area contributed by atoms with Crippen molar-refractivity contribution in [3.63, 3.8) is 0 Å². The molecule has 0 aliphatic carbocycles. The second kappa shape index (κ2) is 3.80. The van der Waals surface area contributed by atoms with E-state index < -0.39 is 0 Å². The Hall–Kier alpha value is -1.71. The summed E-state index contributed by atoms with van der Waals surface area (Å²) >= 11 is 0. The standard InChI is InChI=1S/C9H12N2O2/c1-6-3-7(13-2)4-9(12)8(6)5-11-10/h3-5,12H,10H2,1-2H3. The van der Waals surface area contributed by atoms with Crippen molar-refractivity contribution in [2.24, 2.45) is 10.9 Å². The van der Waals surface area contributed by atoms with Gasteiger partial charge in [-0.1, -0.05) is 0 Å². The highest BCUT2D eigenvalue weighted by Crippen LogP contribution is 2.25. The summed E-state index contributed by atoms with van der Waals surface area (Å²) in [6.07, 6.45) is 1.41. The van der Waals surface area contributed by atoms with Gasteiger partial charge in [-0.25, -0.2) is 0 Å². The monoisotopic (exact) mass is 180 g/mol. The maximum atomic E-state index is 9.51. The molecule has 1 aromatic carbocycles. The van der Waals surface area contributed by atoms with Gasteiger partial charge in [-0.2, -0.15) is 5.10 Å². The van der Waals surface area contributed by atoms with Crippen molar-refractivity contribution < 1.29 is 9.84 Å². The van der Waals surface area contributed by atoms with Gasteiger partial charge in [-0.15, -0.1) is 0 Å². The zero-order valence-corrected chi connectivity index (χ0v) is 7.61. The van der Waals surface area contributed by atoms with E-state index in [1.165, 1.54) is 12.3 Å². The molecule has 0 unspecified atom stereocenters. The van der Waals surface area contributed by atoms with E-state index in [9.17, 15) is 5.11 Å². The van der Waals surface area contributed by atoms with Crippen LogP contribution in [0.25, 0.3) is 0 Å². The molecular weight excluding hydrogens is 168 g/mol. The summed E-state index contributed by atoms with van der Waals surface area (Å²) in [6.45, 7) is 1.85. The third kappa shape index (κ3) is 1.90. The van der Waals surface area contributed by atoms with Crippen LogP contribution in [0, 0.1) is 6.92 Å². The van der Waals surface area contributed by atoms with Crippen LogP contribution in [0.2, 0.25) is 0 Å². The number of phenolic OH excluding ortho intramolecular Hbond substituents is 1. The van der Waals surface area contributed by atoms with E-state index in [2.05, 4.69) is 5.10 Å². The number of phenols is 1. The molecule has 1 rings (SSSR count). The summed E-state index contributed by atoms with van der Waals surface area (Å²) in [4.78, 5) is 0. The Kier molecular flexibility index (Phi) is 2.74. The second-order valence-corrected chi connectivity index (χ2v) is 2.66. The maximum absolute atomic E-state index is 9.51. The average Bonchev–Trinajstić information content (AvgIpc) is 2.11. The van der Waals surface area contributed by atoms with Gasteiger partial charge in [0, 0.05) is 11.6 Å². The summed E-state index contributed by atoms with van der Waals surface area (Å²) in [5.41, 5.74) is 1.48. The first-order valence-electron chi connectivity index (χ1n) is 3.80. The van der Waals surface area contributed by atoms with E-state index in [1.54, 1.807) is 13.2 Å². The maximum Gasteiger partial charge on any atom is 0.128 e. The first-order valence-corrected chi connectivity index (χ1v) is 3.80. The van der Waals surface area contributed by atoms with Crippen LogP contribution in [0.5, 0.6) is 11.5 Å². The third-order valence-corrected chi connectivity index (χ3v) is 1.78. The highest BCUT2D eigenvalue weighted by Gasteiger charge is 2.04. The molecule has 0 bridgehead atoms. The van der Waals surface area contributed by atoms with Crippen molar-refractivity contribution in [2.45, 2.75) is 6.92 Å². The van der Waals surface area contributed by atoms with E-state index in [0.29, 0.717) is 11.3 Å². The largest absolute Gasteiger partial charge is 0.507 e. The minimum Gasteiger partial charge on any atom is -0.507 e. The van der Waals surface area contributed by atoms with E-state index in [-0.39, 0.29) is 5.75 Å². The Labute approximate surface area is 76.6 Å². The van der Waals surface area contributed by atoms with Gasteiger partial charge in [0.1, 0.15) is 11.5 Å². The van der Waals surface area contributed by atoms with Crippen LogP contribution in [0.15, 0.2) is 17.2 Å². The predicted octanol–water partition coefficient (Wildman–Crippen LogP) is 1.00. The topological polar surface area (TPSA) is 67.8 Å². The Morgan fingerprint density at radius 2 is 2.23 bits per heavy atom. The van der Waals surface area contributed by atoms with Gasteiger partial charge in [0.15, 0.2) is 0 Å². The average molecular weight is 180 g/mol. The van der Waals surface area contributed by atoms with Crippen molar-refractivity contribution in [3.05, 3.63) is 23.3 Å². The number of hydrazone groups is 1. The quantitative estimate of drug-likeness (QED) is 0.405. The molecule has 3 N–H and O–H groups in total. The Balaban J connectivity index is 3.22. The molecule has 1 aromatic rings. The van der Waals surface area contributed by atoms with E-state index >= 15 is 0 Å². The lowest BCUT2D eigenvalue weighted by Crippen LogP contribution is -1.93. The molecule has 0 spiro atoms. The smallest absolute Gasteiger partial charge is 0.128 e. The lowest BCUT2D eigenvalue weighted by molar-refractivity contribution is 0.407. The van der Waals surface area contributed by atoms with E-state index in [4.69, 9.17) is 10.6 Å². The van der Waals surface area contributed by atoms with Crippen LogP contribution < -0.4 is 10.6 Å². The molecule has 0 aliphatic rings. The minimum absolute atomic E-state index is 0.117. The fourth-order valence-electron chi connectivity index (χ4n) is 1.11. The Bertz CT molecular complexity index is 311. The molecule has 4 nitrogen and oxygen atoms in total. The molecule has 0 atom stereocenters. The minimum atomic E-state index is 0.117. The number of rotatable bonds is 2. The summed E-state index contributed by atoms with van der Waals surface area (Å²) in [7, 11) is 1.55. The van der Waals surface area contributed by atoms with Gasteiger partial charge in [0.2, 0.25) is 0 Å². The first-order chi connectivity index (χ1) is 6.19. The predicted molar refractivity (Wildman–Crippen MR) is 51.2 cm³/mol. The number of aryl methyl sites for hydroxylation is 1. The van der Waals surface area contributed by atoms with Crippen molar-refractivity contribution >= 4 is 6.21 Å². The molecule has 0 radical (unpaired) electrons. The van der Waals surface area contributed by atoms with Crippen molar-refractivity contribution in [1.82, 2.24) is 0 Å². The molecule has 0 aromatic heterocycles. The van der Waals surface area contributed by atoms with Crippen molar-refractivity contribution in [2.75, 3.05) is 7.11 Å². The fourth-order valence-corrected chi connectivity index (χ4v) is 1.11. The lowest BCUT2D eigenvalue weighted by Gasteiger charge is -2.06. The number of ether oxygens (including phenoxy) is 1. The molecule has 0 heterocycles. The number of benzene rings is 1. The second-order valence-electron chi connectivity index (χ2n) is 2.66. The summed E-state index contributed by atoms with van der Waals surface area (Å²) in [5, 5.41) is 12.9. The zero-order valence-electron chi connectivity index (χ0n) is 7.61. The number of hydrogen-bond donors (Lipinski definition) is 2. The van der Waals surface area contributed by atoms with Gasteiger partial charge in [-0.3, -0.25) is 0 Å². The van der Waals surface area contributed by atoms with Crippen LogP contribution in [-0.2, 0) is 0 Å². The van der Waals surface area contributed by atoms with Gasteiger partial charge >= 0.3 is 0 Å². The van der Waals surface area contributed by atoms with Crippen molar-refractivity contribution in [3.8, 4) is 11.5 Å². The van der Waals surface area contributed by atoms with E-state index in [1.807, 2.05) is 6.92 Å². The summed E-state index contributed by atoms with van der Waals surface area (Å²) < 4.78 is 4.97. The van der Waals surface area contributed by atoms with Crippen LogP contribution in [-0.4, -0.2) is 18.4 Å². The highest BCUT2D eigenvalue weighted by atomic mass is 16.5. The molecule has 4 heteroatoms. The molecule has 13 heavy (non-hydrogen) atoms. The number of nitrogens with two attached hydrogens (primary N) is 1. The third-order valence-electron chi connectivity index (χ3n) is 1.78. The zero-order chi connectivity index (χ0) is 9.84. The molecule has 0 amide bonds. The van der Waals surface area contributed by atoms with Crippen molar-refractivity contribution in [1.29, 1.82) is 0 Å². The summed E-state index contributed by atoms with van der Waals surface area (Å²) in [6, 6.07) is 3.32. The molecule has 70 valence electrons. The van der Waals surface area contributed by atoms with Crippen LogP contribution in [0.4, 0.5) is 0 Å². The molecule has 0 saturated carbocycles. The van der Waals surface area contributed by atoms with Crippen LogP contribution in [0.3, 0.4) is 0 Å². The SMILES string of the molecule is COc1cc(C)c(C=NN)c(O)c1. The highest BCUT2D eigenvalue weighted by molar-refractivity contribution is 5.85. The van der Waals surface area contributed by atoms with Crippen LogP contribution in [0.1, 0.15) is 11.1 Å². The molecule has 0 aliphatic heterocycles. The number of aromatic hydroxyl groups is 1. The van der Waals surface area contributed by atoms with Gasteiger partial charge in [-0.05, 0) is 18.6 Å². The number of hydrogen-bond acceptors (Lipinski definition) is 4. The first kappa shape index (κ1) is 9.38. The molecule has 0 saturated heterocycles. The normalized spacial score (nSPS) is 10.6. The Morgan fingerprint density at radius 1 is 1.54 bits per heavy atom. The fraction of sp³-hybridized carbons (Fsp3) is 0.222. The lowest BCUT2D eigenvalue weighted by atomic mass is 10.1. The summed E-state index contributed by atoms with van der Waals surface area (Å²) in [5.74, 6) is 5.73. The molecule has 0 fully saturated rings. The number of nitrogens with zero attached hydrogens (tertiary/aromatic N) is 1. The van der Waals surface area contributed by atoms with Crippen LogP contribution >= 0.6 is 0 Å². The van der Waals surface area contributed by atoms with Gasteiger partial charge in [0.25, 0.3) is 0 Å². The molecular formula is C9H12N2O2. The van der Waals surface area contributed by atoms with Gasteiger partial charge in [0.05, 0.1) is 13.3 Å². The van der Waals surface area contributed by atoms with Gasteiger partial charge < -0.3 is 15.7 Å². The number of methoxy groups -OCH3 is 1. The van der Waals surface area contributed by atoms with E-state index in [0.717, 1.165) is 5.56 Å². The Morgan fingerprint density at radius 3 is 2.69 bits per heavy atom.